The maximum Gasteiger partial charge on any atom is 0.0616 e. The van der Waals surface area contributed by atoms with Crippen LogP contribution in [0.2, 0.25) is 0 Å². The number of hydrogen-bond acceptors (Lipinski definition) is 2. The second kappa shape index (κ2) is 9.75. The van der Waals surface area contributed by atoms with Gasteiger partial charge < -0.3 is 10.1 Å². The van der Waals surface area contributed by atoms with Gasteiger partial charge in [-0.3, -0.25) is 0 Å². The minimum atomic E-state index is 0.414. The summed E-state index contributed by atoms with van der Waals surface area (Å²) in [6.07, 6.45) is 3.52. The van der Waals surface area contributed by atoms with Crippen molar-refractivity contribution in [1.82, 2.24) is 5.32 Å². The van der Waals surface area contributed by atoms with Crippen molar-refractivity contribution in [1.29, 1.82) is 0 Å². The Morgan fingerprint density at radius 1 is 1.36 bits per heavy atom. The molecular formula is C11H24ClNO. The highest BCUT2D eigenvalue weighted by atomic mass is 35.5. The maximum absolute atomic E-state index is 5.71. The van der Waals surface area contributed by atoms with Gasteiger partial charge in [-0.15, -0.1) is 11.6 Å². The Balaban J connectivity index is 3.57. The molecule has 1 N–H and O–H groups in total. The maximum atomic E-state index is 5.71. The summed E-state index contributed by atoms with van der Waals surface area (Å²) in [7, 11) is 1.73. The van der Waals surface area contributed by atoms with Gasteiger partial charge in [0.15, 0.2) is 0 Å². The van der Waals surface area contributed by atoms with Crippen LogP contribution in [-0.4, -0.2) is 32.2 Å². The van der Waals surface area contributed by atoms with Crippen molar-refractivity contribution in [2.75, 3.05) is 26.1 Å². The first-order valence-electron chi connectivity index (χ1n) is 5.52. The molecule has 0 aromatic carbocycles. The lowest BCUT2D eigenvalue weighted by atomic mass is 10.1. The molecule has 86 valence electrons. The van der Waals surface area contributed by atoms with Crippen LogP contribution < -0.4 is 5.32 Å². The van der Waals surface area contributed by atoms with Crippen molar-refractivity contribution in [3.8, 4) is 0 Å². The van der Waals surface area contributed by atoms with Gasteiger partial charge in [0, 0.05) is 19.0 Å². The van der Waals surface area contributed by atoms with Crippen molar-refractivity contribution < 1.29 is 4.74 Å². The zero-order valence-electron chi connectivity index (χ0n) is 9.68. The Kier molecular flexibility index (Phi) is 9.90. The minimum absolute atomic E-state index is 0.414. The molecule has 2 unspecified atom stereocenters. The van der Waals surface area contributed by atoms with Gasteiger partial charge in [0.25, 0.3) is 0 Å². The van der Waals surface area contributed by atoms with Gasteiger partial charge in [0.1, 0.15) is 0 Å². The number of alkyl halides is 1. The van der Waals surface area contributed by atoms with E-state index in [2.05, 4.69) is 19.2 Å². The lowest BCUT2D eigenvalue weighted by Gasteiger charge is -2.19. The fourth-order valence-electron chi connectivity index (χ4n) is 1.54. The summed E-state index contributed by atoms with van der Waals surface area (Å²) < 4.78 is 5.13. The quantitative estimate of drug-likeness (QED) is 0.605. The molecule has 3 heteroatoms. The van der Waals surface area contributed by atoms with E-state index in [9.17, 15) is 0 Å². The molecule has 0 aromatic rings. The standard InChI is InChI=1S/C11H24ClNO/c1-4-5-10(2)8-13-11(6-7-12)9-14-3/h10-11,13H,4-9H2,1-3H3. The molecule has 0 spiro atoms. The first-order chi connectivity index (χ1) is 6.74. The number of hydrogen-bond donors (Lipinski definition) is 1. The Bertz CT molecular complexity index is 116. The van der Waals surface area contributed by atoms with Crippen molar-refractivity contribution in [3.05, 3.63) is 0 Å². The first kappa shape index (κ1) is 14.2. The summed E-state index contributed by atoms with van der Waals surface area (Å²) in [6.45, 7) is 6.33. The van der Waals surface area contributed by atoms with Gasteiger partial charge in [0.05, 0.1) is 6.61 Å². The highest BCUT2D eigenvalue weighted by molar-refractivity contribution is 6.17. The molecule has 14 heavy (non-hydrogen) atoms. The number of halogens is 1. The molecular weight excluding hydrogens is 198 g/mol. The Labute approximate surface area is 93.4 Å². The zero-order valence-corrected chi connectivity index (χ0v) is 10.4. The lowest BCUT2D eigenvalue weighted by molar-refractivity contribution is 0.162. The molecule has 2 nitrogen and oxygen atoms in total. The Morgan fingerprint density at radius 3 is 2.57 bits per heavy atom. The lowest BCUT2D eigenvalue weighted by Crippen LogP contribution is -2.36. The molecule has 0 radical (unpaired) electrons. The van der Waals surface area contributed by atoms with Crippen LogP contribution in [0.3, 0.4) is 0 Å². The molecule has 0 heterocycles. The van der Waals surface area contributed by atoms with Gasteiger partial charge in [-0.2, -0.15) is 0 Å². The largest absolute Gasteiger partial charge is 0.383 e. The summed E-state index contributed by atoms with van der Waals surface area (Å²) in [5.41, 5.74) is 0. The number of nitrogens with one attached hydrogen (secondary N) is 1. The van der Waals surface area contributed by atoms with E-state index in [1.165, 1.54) is 12.8 Å². The molecule has 0 amide bonds. The molecule has 0 aromatic heterocycles. The van der Waals surface area contributed by atoms with E-state index < -0.39 is 0 Å². The van der Waals surface area contributed by atoms with Gasteiger partial charge in [0.2, 0.25) is 0 Å². The van der Waals surface area contributed by atoms with E-state index in [-0.39, 0.29) is 0 Å². The van der Waals surface area contributed by atoms with Gasteiger partial charge in [-0.25, -0.2) is 0 Å². The van der Waals surface area contributed by atoms with E-state index in [4.69, 9.17) is 16.3 Å². The molecule has 0 bridgehead atoms. The zero-order chi connectivity index (χ0) is 10.8. The topological polar surface area (TPSA) is 21.3 Å². The van der Waals surface area contributed by atoms with Crippen molar-refractivity contribution >= 4 is 11.6 Å². The van der Waals surface area contributed by atoms with Crippen LogP contribution in [0, 0.1) is 5.92 Å². The SMILES string of the molecule is CCCC(C)CNC(CCCl)COC. The number of ether oxygens (including phenoxy) is 1. The van der Waals surface area contributed by atoms with Gasteiger partial charge in [-0.05, 0) is 25.3 Å². The van der Waals surface area contributed by atoms with Crippen molar-refractivity contribution in [3.63, 3.8) is 0 Å². The van der Waals surface area contributed by atoms with E-state index in [0.29, 0.717) is 11.9 Å². The molecule has 0 saturated carbocycles. The predicted molar refractivity (Wildman–Crippen MR) is 63.1 cm³/mol. The normalized spacial score (nSPS) is 15.4. The number of rotatable bonds is 9. The molecule has 2 atom stereocenters. The van der Waals surface area contributed by atoms with Crippen molar-refractivity contribution in [2.24, 2.45) is 5.92 Å². The van der Waals surface area contributed by atoms with E-state index >= 15 is 0 Å². The molecule has 0 aliphatic heterocycles. The highest BCUT2D eigenvalue weighted by Crippen LogP contribution is 2.04. The van der Waals surface area contributed by atoms with Crippen LogP contribution >= 0.6 is 11.6 Å². The molecule has 0 aliphatic rings. The van der Waals surface area contributed by atoms with Gasteiger partial charge in [-0.1, -0.05) is 20.3 Å². The summed E-state index contributed by atoms with van der Waals surface area (Å²) in [5.74, 6) is 1.44. The fraction of sp³-hybridized carbons (Fsp3) is 1.00. The summed E-state index contributed by atoms with van der Waals surface area (Å²) >= 11 is 5.71. The highest BCUT2D eigenvalue weighted by Gasteiger charge is 2.08. The molecule has 0 aliphatic carbocycles. The molecule has 0 fully saturated rings. The second-order valence-corrected chi connectivity index (χ2v) is 4.31. The third-order valence-electron chi connectivity index (χ3n) is 2.36. The Morgan fingerprint density at radius 2 is 2.07 bits per heavy atom. The summed E-state index contributed by atoms with van der Waals surface area (Å²) in [5, 5.41) is 3.50. The van der Waals surface area contributed by atoms with Crippen LogP contribution in [-0.2, 0) is 4.74 Å². The van der Waals surface area contributed by atoms with E-state index in [0.717, 1.165) is 25.5 Å². The monoisotopic (exact) mass is 221 g/mol. The number of methoxy groups -OCH3 is 1. The van der Waals surface area contributed by atoms with E-state index in [1.54, 1.807) is 7.11 Å². The predicted octanol–water partition coefficient (Wildman–Crippen LogP) is 2.66. The molecule has 0 saturated heterocycles. The smallest absolute Gasteiger partial charge is 0.0616 e. The van der Waals surface area contributed by atoms with Crippen LogP contribution in [0.25, 0.3) is 0 Å². The summed E-state index contributed by atoms with van der Waals surface area (Å²) in [4.78, 5) is 0. The van der Waals surface area contributed by atoms with Crippen LogP contribution in [0.1, 0.15) is 33.1 Å². The van der Waals surface area contributed by atoms with Crippen LogP contribution in [0.15, 0.2) is 0 Å². The Hall–Kier alpha value is 0.210. The minimum Gasteiger partial charge on any atom is -0.383 e. The van der Waals surface area contributed by atoms with Crippen LogP contribution in [0.4, 0.5) is 0 Å². The fourth-order valence-corrected chi connectivity index (χ4v) is 1.80. The van der Waals surface area contributed by atoms with Crippen molar-refractivity contribution in [2.45, 2.75) is 39.2 Å². The average Bonchev–Trinajstić information content (AvgIpc) is 2.15. The second-order valence-electron chi connectivity index (χ2n) is 3.93. The van der Waals surface area contributed by atoms with E-state index in [1.807, 2.05) is 0 Å². The molecule has 0 rings (SSSR count). The third kappa shape index (κ3) is 7.60. The van der Waals surface area contributed by atoms with Crippen LogP contribution in [0.5, 0.6) is 0 Å². The average molecular weight is 222 g/mol. The van der Waals surface area contributed by atoms with Gasteiger partial charge >= 0.3 is 0 Å². The third-order valence-corrected chi connectivity index (χ3v) is 2.58. The summed E-state index contributed by atoms with van der Waals surface area (Å²) in [6, 6.07) is 0.414. The first-order valence-corrected chi connectivity index (χ1v) is 6.06.